The van der Waals surface area contributed by atoms with Crippen LogP contribution >= 0.6 is 11.3 Å². The third kappa shape index (κ3) is 3.70. The molecule has 3 heterocycles. The third-order valence-electron chi connectivity index (χ3n) is 4.86. The van der Waals surface area contributed by atoms with Crippen LogP contribution in [0.2, 0.25) is 0 Å². The van der Waals surface area contributed by atoms with Crippen LogP contribution in [0.5, 0.6) is 0 Å². The van der Waals surface area contributed by atoms with Crippen LogP contribution in [-0.4, -0.2) is 53.6 Å². The van der Waals surface area contributed by atoms with Crippen LogP contribution in [0, 0.1) is 10.1 Å². The number of esters is 1. The molecule has 0 atom stereocenters. The minimum absolute atomic E-state index is 0.0208. The number of rotatable bonds is 5. The molecule has 1 fully saturated rings. The molecule has 2 aromatic heterocycles. The Hall–Kier alpha value is -3.27. The molecule has 0 bridgehead atoms. The number of piperazine rings is 1. The van der Waals surface area contributed by atoms with Crippen LogP contribution < -0.4 is 9.80 Å². The molecule has 0 amide bonds. The van der Waals surface area contributed by atoms with Gasteiger partial charge in [0.15, 0.2) is 0 Å². The van der Waals surface area contributed by atoms with Crippen LogP contribution in [-0.2, 0) is 4.74 Å². The van der Waals surface area contributed by atoms with Gasteiger partial charge in [-0.1, -0.05) is 0 Å². The second kappa shape index (κ2) is 8.00. The summed E-state index contributed by atoms with van der Waals surface area (Å²) in [5.74, 6) is 0.243. The van der Waals surface area contributed by atoms with Gasteiger partial charge in [-0.25, -0.2) is 14.8 Å². The number of nitro benzene ring substituents is 1. The zero-order valence-corrected chi connectivity index (χ0v) is 16.6. The Bertz CT molecular complexity index is 1060. The number of benzene rings is 1. The smallest absolute Gasteiger partial charge is 0.345 e. The van der Waals surface area contributed by atoms with Gasteiger partial charge in [-0.15, -0.1) is 11.3 Å². The molecule has 3 aromatic rings. The molecule has 10 heteroatoms. The van der Waals surface area contributed by atoms with E-state index in [9.17, 15) is 14.9 Å². The summed E-state index contributed by atoms with van der Waals surface area (Å²) in [5.41, 5.74) is 0.501. The first-order valence-electron chi connectivity index (χ1n) is 9.22. The highest BCUT2D eigenvalue weighted by Gasteiger charge is 2.25. The zero-order valence-electron chi connectivity index (χ0n) is 15.8. The number of hydrogen-bond acceptors (Lipinski definition) is 9. The largest absolute Gasteiger partial charge is 0.462 e. The summed E-state index contributed by atoms with van der Waals surface area (Å²) in [6.07, 6.45) is 1.59. The highest BCUT2D eigenvalue weighted by Crippen LogP contribution is 2.30. The Balaban J connectivity index is 1.54. The lowest BCUT2D eigenvalue weighted by Crippen LogP contribution is -2.47. The average molecular weight is 413 g/mol. The van der Waals surface area contributed by atoms with Gasteiger partial charge in [-0.3, -0.25) is 10.1 Å². The number of fused-ring (bicyclic) bond motifs is 1. The summed E-state index contributed by atoms with van der Waals surface area (Å²) >= 11 is 1.59. The van der Waals surface area contributed by atoms with Crippen molar-refractivity contribution in [2.75, 3.05) is 42.6 Å². The van der Waals surface area contributed by atoms with E-state index in [-0.39, 0.29) is 17.9 Å². The fourth-order valence-corrected chi connectivity index (χ4v) is 4.19. The lowest BCUT2D eigenvalue weighted by molar-refractivity contribution is -0.385. The first-order valence-corrected chi connectivity index (χ1v) is 10.1. The molecule has 0 saturated carbocycles. The second-order valence-corrected chi connectivity index (χ2v) is 7.38. The molecule has 1 aliphatic heterocycles. The van der Waals surface area contributed by atoms with Crippen molar-refractivity contribution < 1.29 is 14.5 Å². The fourth-order valence-electron chi connectivity index (χ4n) is 3.46. The summed E-state index contributed by atoms with van der Waals surface area (Å²) in [7, 11) is 0. The van der Waals surface area contributed by atoms with Gasteiger partial charge >= 0.3 is 5.97 Å². The lowest BCUT2D eigenvalue weighted by atomic mass is 10.1. The zero-order chi connectivity index (χ0) is 20.4. The number of anilines is 2. The van der Waals surface area contributed by atoms with E-state index in [2.05, 4.69) is 19.8 Å². The molecule has 1 aromatic carbocycles. The highest BCUT2D eigenvalue weighted by molar-refractivity contribution is 7.16. The summed E-state index contributed by atoms with van der Waals surface area (Å²) in [5, 5.41) is 14.3. The molecule has 9 nitrogen and oxygen atoms in total. The van der Waals surface area contributed by atoms with E-state index in [1.165, 1.54) is 6.07 Å². The molecule has 1 saturated heterocycles. The second-order valence-electron chi connectivity index (χ2n) is 6.49. The summed E-state index contributed by atoms with van der Waals surface area (Å²) in [4.78, 5) is 36.9. The van der Waals surface area contributed by atoms with Gasteiger partial charge < -0.3 is 14.5 Å². The minimum atomic E-state index is -0.680. The van der Waals surface area contributed by atoms with E-state index in [0.717, 1.165) is 34.8 Å². The van der Waals surface area contributed by atoms with Crippen molar-refractivity contribution in [1.82, 2.24) is 9.97 Å². The predicted octanol–water partition coefficient (Wildman–Crippen LogP) is 3.10. The SMILES string of the molecule is CCOC(=O)c1cc(N2CCN(c3ncnc4sccc34)CC2)ccc1[N+](=O)[O-]. The molecule has 4 rings (SSSR count). The average Bonchev–Trinajstić information content (AvgIpc) is 3.22. The Morgan fingerprint density at radius 1 is 1.21 bits per heavy atom. The number of thiophene rings is 1. The summed E-state index contributed by atoms with van der Waals surface area (Å²) in [6.45, 7) is 4.73. The van der Waals surface area contributed by atoms with Crippen molar-refractivity contribution in [1.29, 1.82) is 0 Å². The minimum Gasteiger partial charge on any atom is -0.462 e. The molecule has 0 aliphatic carbocycles. The van der Waals surface area contributed by atoms with Crippen LogP contribution in [0.25, 0.3) is 10.2 Å². The number of aromatic nitrogens is 2. The molecule has 150 valence electrons. The maximum atomic E-state index is 12.2. The number of carbonyl (C=O) groups excluding carboxylic acids is 1. The van der Waals surface area contributed by atoms with Gasteiger partial charge in [0.2, 0.25) is 0 Å². The van der Waals surface area contributed by atoms with E-state index in [0.29, 0.717) is 13.1 Å². The van der Waals surface area contributed by atoms with Crippen molar-refractivity contribution in [2.45, 2.75) is 6.92 Å². The lowest BCUT2D eigenvalue weighted by Gasteiger charge is -2.37. The molecule has 0 unspecified atom stereocenters. The van der Waals surface area contributed by atoms with E-state index in [1.807, 2.05) is 11.4 Å². The molecule has 1 aliphatic rings. The standard InChI is InChI=1S/C19H19N5O4S/c1-2-28-19(25)15-11-13(3-4-16(15)24(26)27)22-6-8-23(9-7-22)17-14-5-10-29-18(14)21-12-20-17/h3-5,10-12H,2,6-9H2,1H3. The molecular formula is C19H19N5O4S. The number of ether oxygens (including phenoxy) is 1. The molecule has 0 radical (unpaired) electrons. The van der Waals surface area contributed by atoms with Gasteiger partial charge in [0.1, 0.15) is 22.5 Å². The maximum Gasteiger partial charge on any atom is 0.345 e. The van der Waals surface area contributed by atoms with Crippen molar-refractivity contribution in [2.24, 2.45) is 0 Å². The normalized spacial score (nSPS) is 14.2. The van der Waals surface area contributed by atoms with Crippen molar-refractivity contribution in [3.63, 3.8) is 0 Å². The number of hydrogen-bond donors (Lipinski definition) is 0. The predicted molar refractivity (Wildman–Crippen MR) is 111 cm³/mol. The van der Waals surface area contributed by atoms with Gasteiger partial charge in [-0.05, 0) is 30.5 Å². The fraction of sp³-hybridized carbons (Fsp3) is 0.316. The van der Waals surface area contributed by atoms with E-state index in [4.69, 9.17) is 4.74 Å². The van der Waals surface area contributed by atoms with Crippen LogP contribution in [0.15, 0.2) is 36.0 Å². The highest BCUT2D eigenvalue weighted by atomic mass is 32.1. The van der Waals surface area contributed by atoms with Crippen molar-refractivity contribution in [3.8, 4) is 0 Å². The maximum absolute atomic E-state index is 12.2. The van der Waals surface area contributed by atoms with Crippen LogP contribution in [0.3, 0.4) is 0 Å². The van der Waals surface area contributed by atoms with Gasteiger partial charge in [0, 0.05) is 37.9 Å². The monoisotopic (exact) mass is 413 g/mol. The number of nitrogens with zero attached hydrogens (tertiary/aromatic N) is 5. The van der Waals surface area contributed by atoms with E-state index >= 15 is 0 Å². The Morgan fingerprint density at radius 3 is 2.69 bits per heavy atom. The molecule has 0 spiro atoms. The van der Waals surface area contributed by atoms with E-state index in [1.54, 1.807) is 36.7 Å². The number of nitro groups is 1. The van der Waals surface area contributed by atoms with E-state index < -0.39 is 10.9 Å². The first kappa shape index (κ1) is 19.1. The Morgan fingerprint density at radius 2 is 1.97 bits per heavy atom. The molecule has 29 heavy (non-hydrogen) atoms. The quantitative estimate of drug-likeness (QED) is 0.357. The van der Waals surface area contributed by atoms with Gasteiger partial charge in [-0.2, -0.15) is 0 Å². The Labute approximate surface area is 170 Å². The van der Waals surface area contributed by atoms with Crippen LogP contribution in [0.4, 0.5) is 17.2 Å². The first-order chi connectivity index (χ1) is 14.1. The molecular weight excluding hydrogens is 394 g/mol. The summed E-state index contributed by atoms with van der Waals surface area (Å²) < 4.78 is 4.99. The molecule has 0 N–H and O–H groups in total. The van der Waals surface area contributed by atoms with Crippen LogP contribution in [0.1, 0.15) is 17.3 Å². The third-order valence-corrected chi connectivity index (χ3v) is 5.68. The van der Waals surface area contributed by atoms with Gasteiger partial charge in [0.25, 0.3) is 5.69 Å². The van der Waals surface area contributed by atoms with Crippen molar-refractivity contribution >= 4 is 44.7 Å². The topological polar surface area (TPSA) is 102 Å². The number of carbonyl (C=O) groups is 1. The Kier molecular flexibility index (Phi) is 5.26. The van der Waals surface area contributed by atoms with Gasteiger partial charge in [0.05, 0.1) is 16.9 Å². The van der Waals surface area contributed by atoms with Crippen molar-refractivity contribution in [3.05, 3.63) is 51.7 Å². The summed E-state index contributed by atoms with van der Waals surface area (Å²) in [6, 6.07) is 6.63.